The molecule has 4 heteroatoms. The number of carbonyl (C=O) groups is 1. The highest BCUT2D eigenvalue weighted by atomic mass is 16.3. The summed E-state index contributed by atoms with van der Waals surface area (Å²) in [5, 5.41) is 4.97. The molecule has 4 nitrogen and oxygen atoms in total. The lowest BCUT2D eigenvalue weighted by atomic mass is 10.0. The van der Waals surface area contributed by atoms with E-state index in [1.165, 1.54) is 11.1 Å². The van der Waals surface area contributed by atoms with Crippen molar-refractivity contribution in [3.05, 3.63) is 95.6 Å². The Balaban J connectivity index is 1.47. The van der Waals surface area contributed by atoms with Gasteiger partial charge in [0.15, 0.2) is 5.58 Å². The lowest BCUT2D eigenvalue weighted by Crippen LogP contribution is -2.12. The summed E-state index contributed by atoms with van der Waals surface area (Å²) < 4.78 is 5.97. The van der Waals surface area contributed by atoms with Crippen molar-refractivity contribution >= 4 is 33.5 Å². The Morgan fingerprint density at radius 2 is 1.63 bits per heavy atom. The smallest absolute Gasteiger partial charge is 0.256 e. The summed E-state index contributed by atoms with van der Waals surface area (Å²) in [6.45, 7) is 4.12. The minimum atomic E-state index is -0.146. The highest BCUT2D eigenvalue weighted by Crippen LogP contribution is 2.28. The van der Waals surface area contributed by atoms with Crippen molar-refractivity contribution in [2.75, 3.05) is 5.32 Å². The van der Waals surface area contributed by atoms with E-state index in [9.17, 15) is 4.79 Å². The van der Waals surface area contributed by atoms with Crippen LogP contribution >= 0.6 is 0 Å². The van der Waals surface area contributed by atoms with Crippen molar-refractivity contribution in [2.45, 2.75) is 13.8 Å². The summed E-state index contributed by atoms with van der Waals surface area (Å²) >= 11 is 0. The lowest BCUT2D eigenvalue weighted by Gasteiger charge is -2.09. The normalized spacial score (nSPS) is 11.1. The summed E-state index contributed by atoms with van der Waals surface area (Å²) in [5.41, 5.74) is 6.10. The molecule has 30 heavy (non-hydrogen) atoms. The Bertz CT molecular complexity index is 1370. The molecule has 0 unspecified atom stereocenters. The molecule has 0 saturated carbocycles. The maximum absolute atomic E-state index is 12.9. The average Bonchev–Trinajstić information content (AvgIpc) is 3.16. The van der Waals surface area contributed by atoms with Gasteiger partial charge in [-0.25, -0.2) is 4.98 Å². The van der Waals surface area contributed by atoms with Gasteiger partial charge in [-0.05, 0) is 72.1 Å². The summed E-state index contributed by atoms with van der Waals surface area (Å²) in [4.78, 5) is 17.6. The number of nitrogens with zero attached hydrogens (tertiary/aromatic N) is 1. The molecule has 0 aliphatic heterocycles. The van der Waals surface area contributed by atoms with Crippen LogP contribution in [0.3, 0.4) is 0 Å². The summed E-state index contributed by atoms with van der Waals surface area (Å²) in [7, 11) is 0. The van der Waals surface area contributed by atoms with Crippen molar-refractivity contribution in [1.29, 1.82) is 0 Å². The van der Waals surface area contributed by atoms with Gasteiger partial charge in [-0.2, -0.15) is 0 Å². The molecule has 1 heterocycles. The first kappa shape index (κ1) is 18.1. The van der Waals surface area contributed by atoms with E-state index in [-0.39, 0.29) is 5.91 Å². The monoisotopic (exact) mass is 392 g/mol. The van der Waals surface area contributed by atoms with E-state index < -0.39 is 0 Å². The topological polar surface area (TPSA) is 55.1 Å². The van der Waals surface area contributed by atoms with Crippen LogP contribution in [0.2, 0.25) is 0 Å². The molecule has 1 aromatic heterocycles. The Labute approximate surface area is 174 Å². The first-order chi connectivity index (χ1) is 14.6. The third-order valence-electron chi connectivity index (χ3n) is 5.41. The van der Waals surface area contributed by atoms with Gasteiger partial charge in [0.25, 0.3) is 5.91 Å². The Hall–Kier alpha value is -3.92. The third kappa shape index (κ3) is 3.22. The maximum Gasteiger partial charge on any atom is 0.256 e. The Kier molecular flexibility index (Phi) is 4.32. The second kappa shape index (κ2) is 7.16. The second-order valence-electron chi connectivity index (χ2n) is 7.48. The number of hydrogen-bond acceptors (Lipinski definition) is 3. The molecule has 1 N–H and O–H groups in total. The zero-order valence-corrected chi connectivity index (χ0v) is 16.8. The highest BCUT2D eigenvalue weighted by molar-refractivity contribution is 6.13. The zero-order chi connectivity index (χ0) is 20.7. The number of nitrogens with one attached hydrogen (secondary N) is 1. The predicted octanol–water partition coefficient (Wildman–Crippen LogP) is 6.52. The number of benzene rings is 4. The minimum absolute atomic E-state index is 0.146. The lowest BCUT2D eigenvalue weighted by molar-refractivity contribution is 0.102. The average molecular weight is 392 g/mol. The molecule has 0 atom stereocenters. The van der Waals surface area contributed by atoms with E-state index in [0.29, 0.717) is 17.1 Å². The van der Waals surface area contributed by atoms with Crippen molar-refractivity contribution in [1.82, 2.24) is 4.98 Å². The van der Waals surface area contributed by atoms with Gasteiger partial charge >= 0.3 is 0 Å². The third-order valence-corrected chi connectivity index (χ3v) is 5.41. The first-order valence-electron chi connectivity index (χ1n) is 9.86. The fraction of sp³-hybridized carbons (Fsp3) is 0.0769. The van der Waals surface area contributed by atoms with E-state index in [1.807, 2.05) is 78.9 Å². The minimum Gasteiger partial charge on any atom is -0.436 e. The van der Waals surface area contributed by atoms with Crippen LogP contribution in [-0.4, -0.2) is 10.9 Å². The van der Waals surface area contributed by atoms with Crippen LogP contribution in [0.25, 0.3) is 33.3 Å². The first-order valence-corrected chi connectivity index (χ1v) is 9.86. The zero-order valence-electron chi connectivity index (χ0n) is 16.8. The number of amides is 1. The molecule has 0 bridgehead atoms. The molecule has 146 valence electrons. The van der Waals surface area contributed by atoms with Crippen LogP contribution in [0, 0.1) is 13.8 Å². The number of carbonyl (C=O) groups excluding carboxylic acids is 1. The van der Waals surface area contributed by atoms with Crippen molar-refractivity contribution in [2.24, 2.45) is 0 Å². The summed E-state index contributed by atoms with van der Waals surface area (Å²) in [6, 6.07) is 25.2. The standard InChI is InChI=1S/C26H20N2O2/c1-16-13-23-24(14-17(16)2)30-26(28-23)19-9-5-10-20(15-19)27-25(29)22-12-6-8-18-7-3-4-11-21(18)22/h3-15H,1-2H3,(H,27,29). The van der Waals surface area contributed by atoms with Gasteiger partial charge in [0.1, 0.15) is 5.52 Å². The van der Waals surface area contributed by atoms with Crippen LogP contribution in [0.5, 0.6) is 0 Å². The number of rotatable bonds is 3. The SMILES string of the molecule is Cc1cc2nc(-c3cccc(NC(=O)c4cccc5ccccc45)c3)oc2cc1C. The van der Waals surface area contributed by atoms with Gasteiger partial charge in [-0.15, -0.1) is 0 Å². The molecular weight excluding hydrogens is 372 g/mol. The van der Waals surface area contributed by atoms with Crippen LogP contribution < -0.4 is 5.32 Å². The molecule has 4 aromatic carbocycles. The van der Waals surface area contributed by atoms with Gasteiger partial charge in [0.2, 0.25) is 5.89 Å². The summed E-state index contributed by atoms with van der Waals surface area (Å²) in [6.07, 6.45) is 0. The van der Waals surface area contributed by atoms with Crippen LogP contribution in [0.4, 0.5) is 5.69 Å². The van der Waals surface area contributed by atoms with E-state index in [4.69, 9.17) is 4.42 Å². The molecule has 0 radical (unpaired) electrons. The number of hydrogen-bond donors (Lipinski definition) is 1. The predicted molar refractivity (Wildman–Crippen MR) is 121 cm³/mol. The molecule has 1 amide bonds. The molecular formula is C26H20N2O2. The van der Waals surface area contributed by atoms with Gasteiger partial charge in [-0.3, -0.25) is 4.79 Å². The Morgan fingerprint density at radius 3 is 2.53 bits per heavy atom. The molecule has 0 spiro atoms. The van der Waals surface area contributed by atoms with Crippen molar-refractivity contribution < 1.29 is 9.21 Å². The van der Waals surface area contributed by atoms with E-state index >= 15 is 0 Å². The molecule has 0 fully saturated rings. The van der Waals surface area contributed by atoms with E-state index in [1.54, 1.807) is 0 Å². The molecule has 0 aliphatic carbocycles. The van der Waals surface area contributed by atoms with Gasteiger partial charge in [0, 0.05) is 16.8 Å². The van der Waals surface area contributed by atoms with E-state index in [2.05, 4.69) is 24.1 Å². The van der Waals surface area contributed by atoms with E-state index in [0.717, 1.165) is 27.4 Å². The fourth-order valence-electron chi connectivity index (χ4n) is 3.66. The quantitative estimate of drug-likeness (QED) is 0.380. The van der Waals surface area contributed by atoms with Gasteiger partial charge < -0.3 is 9.73 Å². The number of fused-ring (bicyclic) bond motifs is 2. The highest BCUT2D eigenvalue weighted by Gasteiger charge is 2.13. The van der Waals surface area contributed by atoms with Crippen LogP contribution in [-0.2, 0) is 0 Å². The maximum atomic E-state index is 12.9. The largest absolute Gasteiger partial charge is 0.436 e. The summed E-state index contributed by atoms with van der Waals surface area (Å²) in [5.74, 6) is 0.393. The van der Waals surface area contributed by atoms with Crippen molar-refractivity contribution in [3.8, 4) is 11.5 Å². The second-order valence-corrected chi connectivity index (χ2v) is 7.48. The number of aromatic nitrogens is 1. The van der Waals surface area contributed by atoms with Crippen LogP contribution in [0.1, 0.15) is 21.5 Å². The van der Waals surface area contributed by atoms with Crippen molar-refractivity contribution in [3.63, 3.8) is 0 Å². The number of oxazole rings is 1. The molecule has 5 rings (SSSR count). The molecule has 0 aliphatic rings. The van der Waals surface area contributed by atoms with Gasteiger partial charge in [-0.1, -0.05) is 42.5 Å². The fourth-order valence-corrected chi connectivity index (χ4v) is 3.66. The molecule has 0 saturated heterocycles. The van der Waals surface area contributed by atoms with Gasteiger partial charge in [0.05, 0.1) is 0 Å². The molecule has 5 aromatic rings. The number of anilines is 1. The van der Waals surface area contributed by atoms with Crippen LogP contribution in [0.15, 0.2) is 83.3 Å². The number of aryl methyl sites for hydroxylation is 2. The Morgan fingerprint density at radius 1 is 0.867 bits per heavy atom.